The Morgan fingerprint density at radius 1 is 1.47 bits per heavy atom. The van der Waals surface area contributed by atoms with Gasteiger partial charge in [0.25, 0.3) is 0 Å². The van der Waals surface area contributed by atoms with Gasteiger partial charge in [0, 0.05) is 13.1 Å². The molecule has 0 radical (unpaired) electrons. The Balaban J connectivity index is 2.30. The van der Waals surface area contributed by atoms with Gasteiger partial charge in [-0.2, -0.15) is 0 Å². The molecule has 0 unspecified atom stereocenters. The normalized spacial score (nSPS) is 18.5. The van der Waals surface area contributed by atoms with Crippen LogP contribution in [0.4, 0.5) is 10.1 Å². The van der Waals surface area contributed by atoms with Gasteiger partial charge in [0.1, 0.15) is 0 Å². The van der Waals surface area contributed by atoms with Crippen molar-refractivity contribution < 1.29 is 9.18 Å². The van der Waals surface area contributed by atoms with E-state index in [0.717, 1.165) is 19.3 Å². The molecule has 0 atom stereocenters. The number of carbonyl (C=O) groups excluding carboxylic acids is 1. The number of hydrogen-bond donors (Lipinski definition) is 0. The standard InChI is InChI=1S/C11H13FN2O/c1-11(2)6-14(7-11)10-4-13-3-9(12)8(10)5-15/h3-5H,6-7H2,1-2H3. The topological polar surface area (TPSA) is 33.2 Å². The molecule has 4 heteroatoms. The molecule has 80 valence electrons. The fraction of sp³-hybridized carbons (Fsp3) is 0.455. The molecule has 1 aromatic rings. The summed E-state index contributed by atoms with van der Waals surface area (Å²) >= 11 is 0. The Kier molecular flexibility index (Phi) is 2.21. The predicted molar refractivity (Wildman–Crippen MR) is 55.6 cm³/mol. The number of halogens is 1. The lowest BCUT2D eigenvalue weighted by Crippen LogP contribution is -2.53. The molecule has 0 amide bonds. The minimum Gasteiger partial charge on any atom is -0.368 e. The van der Waals surface area contributed by atoms with Crippen LogP contribution in [-0.2, 0) is 0 Å². The average molecular weight is 208 g/mol. The third-order valence-corrected chi connectivity index (χ3v) is 2.61. The van der Waals surface area contributed by atoms with E-state index in [1.54, 1.807) is 6.20 Å². The van der Waals surface area contributed by atoms with Gasteiger partial charge in [-0.1, -0.05) is 13.8 Å². The maximum atomic E-state index is 13.2. The average Bonchev–Trinajstić information content (AvgIpc) is 2.13. The first-order chi connectivity index (χ1) is 7.03. The third-order valence-electron chi connectivity index (χ3n) is 2.61. The first-order valence-electron chi connectivity index (χ1n) is 4.87. The van der Waals surface area contributed by atoms with Crippen LogP contribution < -0.4 is 4.90 Å². The first kappa shape index (κ1) is 10.1. The van der Waals surface area contributed by atoms with Gasteiger partial charge in [0.2, 0.25) is 0 Å². The molecule has 0 spiro atoms. The largest absolute Gasteiger partial charge is 0.368 e. The molecule has 2 rings (SSSR count). The molecular formula is C11H13FN2O. The zero-order valence-corrected chi connectivity index (χ0v) is 8.83. The molecule has 1 aromatic heterocycles. The summed E-state index contributed by atoms with van der Waals surface area (Å²) in [4.78, 5) is 16.5. The van der Waals surface area contributed by atoms with E-state index >= 15 is 0 Å². The van der Waals surface area contributed by atoms with Gasteiger partial charge in [0.05, 0.1) is 23.6 Å². The number of carbonyl (C=O) groups is 1. The van der Waals surface area contributed by atoms with Crippen LogP contribution in [0.25, 0.3) is 0 Å². The Morgan fingerprint density at radius 3 is 2.67 bits per heavy atom. The maximum Gasteiger partial charge on any atom is 0.155 e. The minimum absolute atomic E-state index is 0.112. The van der Waals surface area contributed by atoms with Crippen LogP contribution >= 0.6 is 0 Å². The van der Waals surface area contributed by atoms with E-state index < -0.39 is 5.82 Å². The molecule has 0 N–H and O–H groups in total. The van der Waals surface area contributed by atoms with Crippen molar-refractivity contribution in [1.29, 1.82) is 0 Å². The fourth-order valence-corrected chi connectivity index (χ4v) is 1.96. The van der Waals surface area contributed by atoms with Gasteiger partial charge >= 0.3 is 0 Å². The summed E-state index contributed by atoms with van der Waals surface area (Å²) < 4.78 is 13.2. The van der Waals surface area contributed by atoms with Crippen LogP contribution in [0.3, 0.4) is 0 Å². The molecule has 1 aliphatic rings. The summed E-state index contributed by atoms with van der Waals surface area (Å²) in [6.07, 6.45) is 3.16. The molecule has 1 saturated heterocycles. The smallest absolute Gasteiger partial charge is 0.155 e. The maximum absolute atomic E-state index is 13.2. The molecule has 0 aliphatic carbocycles. The molecule has 0 saturated carbocycles. The SMILES string of the molecule is CC1(C)CN(c2cncc(F)c2C=O)C1. The van der Waals surface area contributed by atoms with Crippen molar-refractivity contribution in [2.45, 2.75) is 13.8 Å². The Morgan fingerprint density at radius 2 is 2.13 bits per heavy atom. The van der Waals surface area contributed by atoms with Crippen molar-refractivity contribution in [3.8, 4) is 0 Å². The summed E-state index contributed by atoms with van der Waals surface area (Å²) in [5.41, 5.74) is 0.955. The quantitative estimate of drug-likeness (QED) is 0.696. The van der Waals surface area contributed by atoms with E-state index in [9.17, 15) is 9.18 Å². The van der Waals surface area contributed by atoms with E-state index in [1.807, 2.05) is 4.90 Å². The zero-order chi connectivity index (χ0) is 11.1. The van der Waals surface area contributed by atoms with Gasteiger partial charge in [-0.3, -0.25) is 9.78 Å². The van der Waals surface area contributed by atoms with Crippen molar-refractivity contribution in [2.75, 3.05) is 18.0 Å². The molecule has 3 nitrogen and oxygen atoms in total. The molecule has 1 aliphatic heterocycles. The number of aromatic nitrogens is 1. The van der Waals surface area contributed by atoms with Gasteiger partial charge in [0.15, 0.2) is 12.1 Å². The highest BCUT2D eigenvalue weighted by atomic mass is 19.1. The van der Waals surface area contributed by atoms with E-state index in [1.165, 1.54) is 0 Å². The summed E-state index contributed by atoms with van der Waals surface area (Å²) in [6.45, 7) is 5.94. The van der Waals surface area contributed by atoms with Crippen molar-refractivity contribution in [3.05, 3.63) is 23.8 Å². The van der Waals surface area contributed by atoms with Crippen molar-refractivity contribution in [3.63, 3.8) is 0 Å². The van der Waals surface area contributed by atoms with Gasteiger partial charge in [-0.25, -0.2) is 4.39 Å². The summed E-state index contributed by atoms with van der Waals surface area (Å²) in [5.74, 6) is -0.549. The monoisotopic (exact) mass is 208 g/mol. The molecule has 0 aromatic carbocycles. The Hall–Kier alpha value is -1.45. The van der Waals surface area contributed by atoms with Crippen molar-refractivity contribution >= 4 is 12.0 Å². The van der Waals surface area contributed by atoms with Gasteiger partial charge in [-0.05, 0) is 5.41 Å². The van der Waals surface area contributed by atoms with Crippen molar-refractivity contribution in [2.24, 2.45) is 5.41 Å². The highest BCUT2D eigenvalue weighted by molar-refractivity contribution is 5.84. The van der Waals surface area contributed by atoms with Crippen molar-refractivity contribution in [1.82, 2.24) is 4.98 Å². The second-order valence-electron chi connectivity index (χ2n) is 4.69. The molecule has 1 fully saturated rings. The number of hydrogen-bond acceptors (Lipinski definition) is 3. The number of anilines is 1. The Labute approximate surface area is 87.9 Å². The summed E-state index contributed by atoms with van der Waals surface area (Å²) in [7, 11) is 0. The second-order valence-corrected chi connectivity index (χ2v) is 4.69. The molecule has 2 heterocycles. The summed E-state index contributed by atoms with van der Waals surface area (Å²) in [5, 5.41) is 0. The van der Waals surface area contributed by atoms with Crippen LogP contribution in [0.2, 0.25) is 0 Å². The van der Waals surface area contributed by atoms with E-state index in [-0.39, 0.29) is 11.0 Å². The number of pyridine rings is 1. The Bertz CT molecular complexity index is 396. The molecular weight excluding hydrogens is 195 g/mol. The number of aldehydes is 1. The second kappa shape index (κ2) is 3.29. The minimum atomic E-state index is -0.549. The summed E-state index contributed by atoms with van der Waals surface area (Å²) in [6, 6.07) is 0. The van der Waals surface area contributed by atoms with Gasteiger partial charge < -0.3 is 4.90 Å². The zero-order valence-electron chi connectivity index (χ0n) is 8.83. The van der Waals surface area contributed by atoms with Crippen LogP contribution in [0.15, 0.2) is 12.4 Å². The highest BCUT2D eigenvalue weighted by Crippen LogP contribution is 2.34. The number of nitrogens with zero attached hydrogens (tertiary/aromatic N) is 2. The first-order valence-corrected chi connectivity index (χ1v) is 4.87. The fourth-order valence-electron chi connectivity index (χ4n) is 1.96. The van der Waals surface area contributed by atoms with E-state index in [2.05, 4.69) is 18.8 Å². The van der Waals surface area contributed by atoms with Gasteiger partial charge in [-0.15, -0.1) is 0 Å². The number of rotatable bonds is 2. The van der Waals surface area contributed by atoms with E-state index in [0.29, 0.717) is 12.0 Å². The highest BCUT2D eigenvalue weighted by Gasteiger charge is 2.35. The lowest BCUT2D eigenvalue weighted by molar-refractivity contribution is 0.111. The van der Waals surface area contributed by atoms with Crippen LogP contribution in [0.1, 0.15) is 24.2 Å². The van der Waals surface area contributed by atoms with Crippen LogP contribution in [0.5, 0.6) is 0 Å². The van der Waals surface area contributed by atoms with Crippen LogP contribution in [0, 0.1) is 11.2 Å². The lowest BCUT2D eigenvalue weighted by atomic mass is 9.84. The van der Waals surface area contributed by atoms with E-state index in [4.69, 9.17) is 0 Å². The predicted octanol–water partition coefficient (Wildman–Crippen LogP) is 1.88. The molecule has 0 bridgehead atoms. The lowest BCUT2D eigenvalue weighted by Gasteiger charge is -2.47. The third kappa shape index (κ3) is 1.71. The van der Waals surface area contributed by atoms with Crippen LogP contribution in [-0.4, -0.2) is 24.4 Å². The molecule has 15 heavy (non-hydrogen) atoms.